The highest BCUT2D eigenvalue weighted by molar-refractivity contribution is 6.42. The number of nitrogens with zero attached hydrogens (tertiary/aromatic N) is 2. The summed E-state index contributed by atoms with van der Waals surface area (Å²) >= 11 is 11.8. The van der Waals surface area contributed by atoms with Crippen molar-refractivity contribution in [2.75, 3.05) is 7.05 Å². The van der Waals surface area contributed by atoms with Gasteiger partial charge in [0.1, 0.15) is 0 Å². The Kier molecular flexibility index (Phi) is 4.22. The van der Waals surface area contributed by atoms with Crippen LogP contribution in [0.1, 0.15) is 30.3 Å². The third kappa shape index (κ3) is 3.02. The van der Waals surface area contributed by atoms with Crippen molar-refractivity contribution in [3.63, 3.8) is 0 Å². The molecular weight excluding hydrogens is 273 g/mol. The van der Waals surface area contributed by atoms with Crippen LogP contribution in [0.15, 0.2) is 22.6 Å². The van der Waals surface area contributed by atoms with Crippen LogP contribution < -0.4 is 5.32 Å². The van der Waals surface area contributed by atoms with E-state index in [1.807, 2.05) is 20.0 Å². The van der Waals surface area contributed by atoms with Crippen LogP contribution in [0.3, 0.4) is 0 Å². The normalized spacial score (nSPS) is 12.7. The summed E-state index contributed by atoms with van der Waals surface area (Å²) in [5, 5.41) is 12.1. The maximum atomic E-state index is 5.95. The minimum Gasteiger partial charge on any atom is -0.423 e. The van der Waals surface area contributed by atoms with Crippen LogP contribution in [0.5, 0.6) is 0 Å². The highest BCUT2D eigenvalue weighted by atomic mass is 35.5. The summed E-state index contributed by atoms with van der Waals surface area (Å²) in [4.78, 5) is 0. The van der Waals surface area contributed by atoms with E-state index in [9.17, 15) is 0 Å². The summed E-state index contributed by atoms with van der Waals surface area (Å²) in [7, 11) is 1.84. The molecule has 0 aliphatic heterocycles. The molecule has 0 saturated carbocycles. The lowest BCUT2D eigenvalue weighted by molar-refractivity contribution is 0.410. The first-order valence-corrected chi connectivity index (χ1v) is 6.29. The topological polar surface area (TPSA) is 51.0 Å². The zero-order valence-electron chi connectivity index (χ0n) is 10.1. The maximum absolute atomic E-state index is 5.95. The van der Waals surface area contributed by atoms with Gasteiger partial charge in [-0.25, -0.2) is 0 Å². The molecule has 6 heteroatoms. The van der Waals surface area contributed by atoms with E-state index in [0.717, 1.165) is 5.56 Å². The monoisotopic (exact) mass is 285 g/mol. The van der Waals surface area contributed by atoms with E-state index in [4.69, 9.17) is 27.6 Å². The Morgan fingerprint density at radius 1 is 1.28 bits per heavy atom. The van der Waals surface area contributed by atoms with Gasteiger partial charge in [0.05, 0.1) is 22.5 Å². The van der Waals surface area contributed by atoms with E-state index in [-0.39, 0.29) is 6.04 Å². The zero-order chi connectivity index (χ0) is 13.1. The number of halogens is 2. The van der Waals surface area contributed by atoms with Crippen molar-refractivity contribution in [1.82, 2.24) is 15.5 Å². The maximum Gasteiger partial charge on any atom is 0.233 e. The van der Waals surface area contributed by atoms with E-state index in [1.54, 1.807) is 12.1 Å². The molecule has 0 spiro atoms. The molecule has 1 aromatic heterocycles. The molecular formula is C12H13Cl2N3O. The fourth-order valence-electron chi connectivity index (χ4n) is 1.46. The summed E-state index contributed by atoms with van der Waals surface area (Å²) in [6.45, 7) is 1.95. The highest BCUT2D eigenvalue weighted by Gasteiger charge is 2.12. The fraction of sp³-hybridized carbons (Fsp3) is 0.333. The van der Waals surface area contributed by atoms with E-state index < -0.39 is 0 Å². The van der Waals surface area contributed by atoms with E-state index >= 15 is 0 Å². The molecule has 1 N–H and O–H groups in total. The van der Waals surface area contributed by atoms with Gasteiger partial charge in [0.15, 0.2) is 0 Å². The Bertz CT molecular complexity index is 542. The lowest BCUT2D eigenvalue weighted by Gasteiger charge is -2.02. The predicted octanol–water partition coefficient (Wildman–Crippen LogP) is 3.25. The summed E-state index contributed by atoms with van der Waals surface area (Å²) in [6, 6.07) is 5.49. The van der Waals surface area contributed by atoms with Crippen LogP contribution in [-0.2, 0) is 6.42 Å². The van der Waals surface area contributed by atoms with Crippen LogP contribution >= 0.6 is 23.2 Å². The van der Waals surface area contributed by atoms with Crippen molar-refractivity contribution in [1.29, 1.82) is 0 Å². The van der Waals surface area contributed by atoms with Gasteiger partial charge in [-0.3, -0.25) is 0 Å². The van der Waals surface area contributed by atoms with Crippen molar-refractivity contribution in [2.24, 2.45) is 0 Å². The Morgan fingerprint density at radius 3 is 2.72 bits per heavy atom. The molecule has 0 aliphatic carbocycles. The Labute approximate surface area is 115 Å². The molecule has 1 aromatic carbocycles. The van der Waals surface area contributed by atoms with E-state index in [1.165, 1.54) is 0 Å². The predicted molar refractivity (Wildman–Crippen MR) is 71.0 cm³/mol. The highest BCUT2D eigenvalue weighted by Crippen LogP contribution is 2.23. The number of benzene rings is 1. The molecule has 18 heavy (non-hydrogen) atoms. The van der Waals surface area contributed by atoms with Gasteiger partial charge in [0.25, 0.3) is 0 Å². The van der Waals surface area contributed by atoms with Crippen LogP contribution in [0, 0.1) is 0 Å². The summed E-state index contributed by atoms with van der Waals surface area (Å²) < 4.78 is 5.55. The lowest BCUT2D eigenvalue weighted by Crippen LogP contribution is -2.12. The first-order valence-electron chi connectivity index (χ1n) is 5.53. The van der Waals surface area contributed by atoms with Gasteiger partial charge in [0.2, 0.25) is 11.8 Å². The average Bonchev–Trinajstić information content (AvgIpc) is 2.81. The molecule has 1 atom stereocenters. The van der Waals surface area contributed by atoms with Crippen LogP contribution in [0.4, 0.5) is 0 Å². The minimum absolute atomic E-state index is 0.0417. The molecule has 0 radical (unpaired) electrons. The Balaban J connectivity index is 2.13. The van der Waals surface area contributed by atoms with Crippen molar-refractivity contribution < 1.29 is 4.42 Å². The number of rotatable bonds is 4. The zero-order valence-corrected chi connectivity index (χ0v) is 11.6. The van der Waals surface area contributed by atoms with Crippen molar-refractivity contribution in [2.45, 2.75) is 19.4 Å². The third-order valence-corrected chi connectivity index (χ3v) is 3.36. The largest absolute Gasteiger partial charge is 0.423 e. The second-order valence-electron chi connectivity index (χ2n) is 3.97. The van der Waals surface area contributed by atoms with Crippen LogP contribution in [-0.4, -0.2) is 17.2 Å². The average molecular weight is 286 g/mol. The Morgan fingerprint density at radius 2 is 2.06 bits per heavy atom. The SMILES string of the molecule is CNC(C)c1nnc(Cc2ccc(Cl)c(Cl)c2)o1. The molecule has 0 fully saturated rings. The van der Waals surface area contributed by atoms with Gasteiger partial charge < -0.3 is 9.73 Å². The molecule has 96 valence electrons. The molecule has 1 heterocycles. The second kappa shape index (κ2) is 5.69. The van der Waals surface area contributed by atoms with Gasteiger partial charge in [-0.1, -0.05) is 29.3 Å². The Hall–Kier alpha value is -1.10. The van der Waals surface area contributed by atoms with Gasteiger partial charge in [-0.2, -0.15) is 0 Å². The van der Waals surface area contributed by atoms with Gasteiger partial charge in [-0.15, -0.1) is 10.2 Å². The molecule has 2 aromatic rings. The number of hydrogen-bond donors (Lipinski definition) is 1. The van der Waals surface area contributed by atoms with Crippen molar-refractivity contribution >= 4 is 23.2 Å². The first-order chi connectivity index (χ1) is 8.60. The van der Waals surface area contributed by atoms with E-state index in [0.29, 0.717) is 28.2 Å². The molecule has 4 nitrogen and oxygen atoms in total. The first kappa shape index (κ1) is 13.3. The quantitative estimate of drug-likeness (QED) is 0.937. The fourth-order valence-corrected chi connectivity index (χ4v) is 1.78. The molecule has 0 amide bonds. The second-order valence-corrected chi connectivity index (χ2v) is 4.78. The van der Waals surface area contributed by atoms with Gasteiger partial charge >= 0.3 is 0 Å². The smallest absolute Gasteiger partial charge is 0.233 e. The summed E-state index contributed by atoms with van der Waals surface area (Å²) in [6.07, 6.45) is 0.542. The van der Waals surface area contributed by atoms with Crippen LogP contribution in [0.25, 0.3) is 0 Å². The molecule has 2 rings (SSSR count). The molecule has 0 saturated heterocycles. The summed E-state index contributed by atoms with van der Waals surface area (Å²) in [5.74, 6) is 1.14. The number of aromatic nitrogens is 2. The van der Waals surface area contributed by atoms with Gasteiger partial charge in [-0.05, 0) is 31.7 Å². The third-order valence-electron chi connectivity index (χ3n) is 2.63. The lowest BCUT2D eigenvalue weighted by atomic mass is 10.1. The van der Waals surface area contributed by atoms with Crippen molar-refractivity contribution in [3.8, 4) is 0 Å². The standard InChI is InChI=1S/C12H13Cl2N3O/c1-7(15-2)12-17-16-11(18-12)6-8-3-4-9(13)10(14)5-8/h3-5,7,15H,6H2,1-2H3. The molecule has 0 bridgehead atoms. The van der Waals surface area contributed by atoms with Crippen molar-refractivity contribution in [3.05, 3.63) is 45.6 Å². The minimum atomic E-state index is 0.0417. The molecule has 0 aliphatic rings. The van der Waals surface area contributed by atoms with Gasteiger partial charge in [0, 0.05) is 0 Å². The number of hydrogen-bond acceptors (Lipinski definition) is 4. The number of nitrogens with one attached hydrogen (secondary N) is 1. The van der Waals surface area contributed by atoms with E-state index in [2.05, 4.69) is 15.5 Å². The molecule has 1 unspecified atom stereocenters. The van der Waals surface area contributed by atoms with Crippen LogP contribution in [0.2, 0.25) is 10.0 Å². The summed E-state index contributed by atoms with van der Waals surface area (Å²) in [5.41, 5.74) is 0.983.